The molecule has 0 spiro atoms. The Labute approximate surface area is 114 Å². The number of nitrogens with two attached hydrogens (primary N) is 1. The Morgan fingerprint density at radius 1 is 1.39 bits per heavy atom. The van der Waals surface area contributed by atoms with Crippen molar-refractivity contribution in [3.63, 3.8) is 0 Å². The molecule has 1 aromatic carbocycles. The van der Waals surface area contributed by atoms with Crippen LogP contribution < -0.4 is 10.5 Å². The Bertz CT molecular complexity index is 544. The lowest BCUT2D eigenvalue weighted by Crippen LogP contribution is -2.17. The lowest BCUT2D eigenvalue weighted by Gasteiger charge is -2.16. The zero-order valence-corrected chi connectivity index (χ0v) is 11.4. The predicted octanol–water partition coefficient (Wildman–Crippen LogP) is 3.93. The first-order valence-corrected chi connectivity index (χ1v) is 6.67. The first kappa shape index (κ1) is 13.3. The van der Waals surface area contributed by atoms with Crippen LogP contribution in [0.5, 0.6) is 5.75 Å². The molecule has 1 unspecified atom stereocenters. The summed E-state index contributed by atoms with van der Waals surface area (Å²) in [6, 6.07) is 8.45. The molecule has 0 amide bonds. The summed E-state index contributed by atoms with van der Waals surface area (Å²) in [7, 11) is 0. The van der Waals surface area contributed by atoms with Crippen molar-refractivity contribution in [3.8, 4) is 5.75 Å². The van der Waals surface area contributed by atoms with Gasteiger partial charge in [-0.3, -0.25) is 0 Å². The summed E-state index contributed by atoms with van der Waals surface area (Å²) in [5, 5.41) is 0. The minimum atomic E-state index is -0.301. The summed E-state index contributed by atoms with van der Waals surface area (Å²) in [5.41, 5.74) is 6.26. The molecule has 96 valence electrons. The molecule has 0 radical (unpaired) electrons. The molecule has 18 heavy (non-hydrogen) atoms. The van der Waals surface area contributed by atoms with Gasteiger partial charge in [0, 0.05) is 17.5 Å². The van der Waals surface area contributed by atoms with Crippen LogP contribution in [0, 0.1) is 12.7 Å². The Morgan fingerprint density at radius 3 is 2.72 bits per heavy atom. The van der Waals surface area contributed by atoms with E-state index in [0.717, 1.165) is 4.88 Å². The fourth-order valence-corrected chi connectivity index (χ4v) is 2.64. The number of rotatable bonds is 4. The third kappa shape index (κ3) is 3.02. The van der Waals surface area contributed by atoms with Crippen LogP contribution in [0.4, 0.5) is 4.39 Å². The van der Waals surface area contributed by atoms with Crippen molar-refractivity contribution in [2.45, 2.75) is 13.0 Å². The highest BCUT2D eigenvalue weighted by atomic mass is 35.5. The van der Waals surface area contributed by atoms with E-state index in [-0.39, 0.29) is 11.9 Å². The van der Waals surface area contributed by atoms with Crippen molar-refractivity contribution < 1.29 is 9.13 Å². The first-order valence-electron chi connectivity index (χ1n) is 5.48. The summed E-state index contributed by atoms with van der Waals surface area (Å²) < 4.78 is 19.8. The molecule has 2 rings (SSSR count). The average molecular weight is 286 g/mol. The van der Waals surface area contributed by atoms with Gasteiger partial charge in [0.15, 0.2) is 0 Å². The van der Waals surface area contributed by atoms with Crippen molar-refractivity contribution in [1.29, 1.82) is 0 Å². The van der Waals surface area contributed by atoms with E-state index in [9.17, 15) is 4.39 Å². The normalized spacial score (nSPS) is 12.4. The Morgan fingerprint density at radius 2 is 2.17 bits per heavy atom. The third-order valence-electron chi connectivity index (χ3n) is 2.55. The van der Waals surface area contributed by atoms with Crippen molar-refractivity contribution in [1.82, 2.24) is 0 Å². The number of hydrogen-bond acceptors (Lipinski definition) is 3. The van der Waals surface area contributed by atoms with E-state index in [2.05, 4.69) is 0 Å². The zero-order valence-electron chi connectivity index (χ0n) is 9.82. The van der Waals surface area contributed by atoms with Crippen molar-refractivity contribution in [2.75, 3.05) is 6.54 Å². The standard InChI is InChI=1S/C13H13ClFNOS/c1-8-2-3-9(6-10(8)15)17-11(7-16)12-4-5-13(14)18-12/h2-6,11H,7,16H2,1H3. The highest BCUT2D eigenvalue weighted by Crippen LogP contribution is 2.30. The number of hydrogen-bond donors (Lipinski definition) is 1. The van der Waals surface area contributed by atoms with Crippen LogP contribution >= 0.6 is 22.9 Å². The highest BCUT2D eigenvalue weighted by Gasteiger charge is 2.14. The smallest absolute Gasteiger partial charge is 0.145 e. The largest absolute Gasteiger partial charge is 0.483 e. The topological polar surface area (TPSA) is 35.2 Å². The van der Waals surface area contributed by atoms with Crippen LogP contribution in [0.15, 0.2) is 30.3 Å². The Kier molecular flexibility index (Phi) is 4.22. The lowest BCUT2D eigenvalue weighted by molar-refractivity contribution is 0.217. The molecule has 1 atom stereocenters. The number of thiophene rings is 1. The summed E-state index contributed by atoms with van der Waals surface area (Å²) in [6.45, 7) is 2.02. The molecule has 0 bridgehead atoms. The number of halogens is 2. The van der Waals surface area contributed by atoms with E-state index in [1.165, 1.54) is 17.4 Å². The fourth-order valence-electron chi connectivity index (χ4n) is 1.53. The summed E-state index contributed by atoms with van der Waals surface area (Å²) in [6.07, 6.45) is -0.301. The summed E-state index contributed by atoms with van der Waals surface area (Å²) >= 11 is 7.29. The predicted molar refractivity (Wildman–Crippen MR) is 72.9 cm³/mol. The molecule has 2 nitrogen and oxygen atoms in total. The van der Waals surface area contributed by atoms with Gasteiger partial charge in [0.25, 0.3) is 0 Å². The van der Waals surface area contributed by atoms with Crippen LogP contribution in [0.2, 0.25) is 4.34 Å². The molecule has 0 fully saturated rings. The molecule has 1 heterocycles. The van der Waals surface area contributed by atoms with Crippen molar-refractivity contribution in [3.05, 3.63) is 50.9 Å². The molecular formula is C13H13ClFNOS. The Hall–Kier alpha value is -1.10. The van der Waals surface area contributed by atoms with Crippen molar-refractivity contribution >= 4 is 22.9 Å². The molecule has 2 N–H and O–H groups in total. The van der Waals surface area contributed by atoms with Gasteiger partial charge in [-0.1, -0.05) is 17.7 Å². The number of aryl methyl sites for hydroxylation is 1. The van der Waals surface area contributed by atoms with Crippen LogP contribution in [0.1, 0.15) is 16.5 Å². The average Bonchev–Trinajstić information content (AvgIpc) is 2.77. The van der Waals surface area contributed by atoms with Gasteiger partial charge in [0.1, 0.15) is 17.7 Å². The van der Waals surface area contributed by atoms with E-state index < -0.39 is 0 Å². The third-order valence-corrected chi connectivity index (χ3v) is 3.87. The van der Waals surface area contributed by atoms with Gasteiger partial charge in [-0.05, 0) is 30.7 Å². The van der Waals surface area contributed by atoms with Gasteiger partial charge >= 0.3 is 0 Å². The maximum atomic E-state index is 13.4. The van der Waals surface area contributed by atoms with E-state index in [4.69, 9.17) is 22.1 Å². The summed E-state index contributed by atoms with van der Waals surface area (Å²) in [5.74, 6) is 0.186. The van der Waals surface area contributed by atoms with Crippen molar-refractivity contribution in [2.24, 2.45) is 5.73 Å². The van der Waals surface area contributed by atoms with Crippen LogP contribution in [0.3, 0.4) is 0 Å². The first-order chi connectivity index (χ1) is 8.60. The molecule has 2 aromatic rings. The van der Waals surface area contributed by atoms with Gasteiger partial charge in [-0.15, -0.1) is 11.3 Å². The minimum absolute atomic E-state index is 0.285. The van der Waals surface area contributed by atoms with Gasteiger partial charge in [0.2, 0.25) is 0 Å². The second-order valence-corrected chi connectivity index (χ2v) is 5.64. The van der Waals surface area contributed by atoms with Crippen LogP contribution in [-0.4, -0.2) is 6.54 Å². The monoisotopic (exact) mass is 285 g/mol. The Balaban J connectivity index is 2.17. The second-order valence-electron chi connectivity index (χ2n) is 3.90. The molecule has 0 aliphatic rings. The fraction of sp³-hybridized carbons (Fsp3) is 0.231. The SMILES string of the molecule is Cc1ccc(OC(CN)c2ccc(Cl)s2)cc1F. The molecule has 0 saturated heterocycles. The molecule has 0 aliphatic carbocycles. The van der Waals surface area contributed by atoms with E-state index >= 15 is 0 Å². The lowest BCUT2D eigenvalue weighted by atomic mass is 10.2. The maximum Gasteiger partial charge on any atom is 0.145 e. The van der Waals surface area contributed by atoms with E-state index in [1.807, 2.05) is 6.07 Å². The second kappa shape index (κ2) is 5.69. The molecule has 0 aliphatic heterocycles. The highest BCUT2D eigenvalue weighted by molar-refractivity contribution is 7.16. The van der Waals surface area contributed by atoms with E-state index in [0.29, 0.717) is 22.2 Å². The van der Waals surface area contributed by atoms with Gasteiger partial charge in [-0.25, -0.2) is 4.39 Å². The summed E-state index contributed by atoms with van der Waals surface area (Å²) in [4.78, 5) is 0.934. The number of benzene rings is 1. The van der Waals surface area contributed by atoms with E-state index in [1.54, 1.807) is 25.1 Å². The molecule has 5 heteroatoms. The van der Waals surface area contributed by atoms with Gasteiger partial charge in [-0.2, -0.15) is 0 Å². The zero-order chi connectivity index (χ0) is 13.1. The molecular weight excluding hydrogens is 273 g/mol. The van der Waals surface area contributed by atoms with Gasteiger partial charge in [0.05, 0.1) is 4.34 Å². The molecule has 1 aromatic heterocycles. The maximum absolute atomic E-state index is 13.4. The quantitative estimate of drug-likeness (QED) is 0.924. The minimum Gasteiger partial charge on any atom is -0.483 e. The van der Waals surface area contributed by atoms with Crippen LogP contribution in [0.25, 0.3) is 0 Å². The van der Waals surface area contributed by atoms with Crippen LogP contribution in [-0.2, 0) is 0 Å². The molecule has 0 saturated carbocycles. The number of ether oxygens (including phenoxy) is 1. The van der Waals surface area contributed by atoms with Gasteiger partial charge < -0.3 is 10.5 Å².